The summed E-state index contributed by atoms with van der Waals surface area (Å²) in [5.74, 6) is 0.812. The lowest BCUT2D eigenvalue weighted by molar-refractivity contribution is 0.173. The molecule has 112 valence electrons. The third kappa shape index (κ3) is 3.84. The van der Waals surface area contributed by atoms with Crippen LogP contribution in [0.1, 0.15) is 18.1 Å². The first-order chi connectivity index (χ1) is 10.1. The van der Waals surface area contributed by atoms with Crippen LogP contribution >= 0.6 is 15.9 Å². The molecule has 0 amide bonds. The number of benzene rings is 2. The minimum atomic E-state index is -0.465. The van der Waals surface area contributed by atoms with Crippen molar-refractivity contribution in [3.05, 3.63) is 64.1 Å². The number of aliphatic hydroxyl groups is 1. The largest absolute Gasteiger partial charge is 0.496 e. The molecule has 0 saturated carbocycles. The van der Waals surface area contributed by atoms with Gasteiger partial charge in [0, 0.05) is 6.54 Å². The average Bonchev–Trinajstić information content (AvgIpc) is 2.53. The van der Waals surface area contributed by atoms with Crippen molar-refractivity contribution >= 4 is 15.9 Å². The highest BCUT2D eigenvalue weighted by atomic mass is 79.9. The van der Waals surface area contributed by atoms with Gasteiger partial charge in [0.25, 0.3) is 0 Å². The van der Waals surface area contributed by atoms with Gasteiger partial charge in [-0.1, -0.05) is 36.4 Å². The number of methoxy groups -OCH3 is 1. The molecule has 21 heavy (non-hydrogen) atoms. The van der Waals surface area contributed by atoms with Crippen molar-refractivity contribution in [3.63, 3.8) is 0 Å². The van der Waals surface area contributed by atoms with Crippen molar-refractivity contribution in [1.82, 2.24) is 5.32 Å². The molecule has 4 heteroatoms. The molecular formula is C17H20BrNO2. The van der Waals surface area contributed by atoms with E-state index in [-0.39, 0.29) is 6.61 Å². The molecule has 0 radical (unpaired) electrons. The predicted molar refractivity (Wildman–Crippen MR) is 88.4 cm³/mol. The fourth-order valence-electron chi connectivity index (χ4n) is 2.17. The Morgan fingerprint density at radius 2 is 1.90 bits per heavy atom. The van der Waals surface area contributed by atoms with Crippen LogP contribution in [0, 0.1) is 0 Å². The van der Waals surface area contributed by atoms with E-state index in [9.17, 15) is 5.11 Å². The summed E-state index contributed by atoms with van der Waals surface area (Å²) in [5.41, 5.74) is 1.73. The van der Waals surface area contributed by atoms with Crippen molar-refractivity contribution in [2.24, 2.45) is 0 Å². The molecule has 1 atom stereocenters. The molecule has 0 saturated heterocycles. The highest BCUT2D eigenvalue weighted by Crippen LogP contribution is 2.26. The maximum Gasteiger partial charge on any atom is 0.133 e. The molecule has 0 aliphatic carbocycles. The Bertz CT molecular complexity index is 589. The standard InChI is InChI=1S/C17H20BrNO2/c1-17(12-20,14-6-4-3-5-7-14)19-11-13-8-9-16(21-2)15(18)10-13/h3-10,19-20H,11-12H2,1-2H3. The fraction of sp³-hybridized carbons (Fsp3) is 0.294. The Balaban J connectivity index is 2.12. The van der Waals surface area contributed by atoms with Gasteiger partial charge < -0.3 is 15.2 Å². The molecule has 0 aliphatic heterocycles. The Hall–Kier alpha value is -1.36. The topological polar surface area (TPSA) is 41.5 Å². The van der Waals surface area contributed by atoms with Crippen LogP contribution in [0.15, 0.2) is 53.0 Å². The van der Waals surface area contributed by atoms with Gasteiger partial charge >= 0.3 is 0 Å². The third-order valence-electron chi connectivity index (χ3n) is 3.63. The van der Waals surface area contributed by atoms with Crippen molar-refractivity contribution in [1.29, 1.82) is 0 Å². The van der Waals surface area contributed by atoms with Gasteiger partial charge in [-0.05, 0) is 46.1 Å². The predicted octanol–water partition coefficient (Wildman–Crippen LogP) is 3.46. The lowest BCUT2D eigenvalue weighted by Gasteiger charge is -2.29. The molecule has 2 aromatic rings. The number of aliphatic hydroxyl groups excluding tert-OH is 1. The molecule has 2 N–H and O–H groups in total. The van der Waals surface area contributed by atoms with Crippen LogP contribution in [-0.4, -0.2) is 18.8 Å². The summed E-state index contributed by atoms with van der Waals surface area (Å²) in [6.07, 6.45) is 0. The van der Waals surface area contributed by atoms with Gasteiger partial charge in [0.05, 0.1) is 23.7 Å². The Morgan fingerprint density at radius 3 is 2.48 bits per heavy atom. The molecule has 2 rings (SSSR count). The van der Waals surface area contributed by atoms with Crippen molar-refractivity contribution in [3.8, 4) is 5.75 Å². The van der Waals surface area contributed by atoms with Crippen molar-refractivity contribution < 1.29 is 9.84 Å². The van der Waals surface area contributed by atoms with Crippen LogP contribution in [0.2, 0.25) is 0 Å². The first-order valence-corrected chi connectivity index (χ1v) is 7.62. The van der Waals surface area contributed by atoms with Gasteiger partial charge in [-0.25, -0.2) is 0 Å². The number of ether oxygens (including phenoxy) is 1. The molecule has 1 unspecified atom stereocenters. The summed E-state index contributed by atoms with van der Waals surface area (Å²) in [5, 5.41) is 13.2. The van der Waals surface area contributed by atoms with E-state index in [4.69, 9.17) is 4.74 Å². The minimum Gasteiger partial charge on any atom is -0.496 e. The molecule has 3 nitrogen and oxygen atoms in total. The second kappa shape index (κ2) is 7.07. The van der Waals surface area contributed by atoms with Crippen molar-refractivity contribution in [2.75, 3.05) is 13.7 Å². The Labute approximate surface area is 134 Å². The van der Waals surface area contributed by atoms with E-state index in [1.54, 1.807) is 7.11 Å². The Morgan fingerprint density at radius 1 is 1.19 bits per heavy atom. The van der Waals surface area contributed by atoms with Crippen LogP contribution in [-0.2, 0) is 12.1 Å². The third-order valence-corrected chi connectivity index (χ3v) is 4.25. The maximum absolute atomic E-state index is 9.76. The van der Waals surface area contributed by atoms with Crippen LogP contribution < -0.4 is 10.1 Å². The number of hydrogen-bond acceptors (Lipinski definition) is 3. The zero-order valence-electron chi connectivity index (χ0n) is 12.3. The lowest BCUT2D eigenvalue weighted by Crippen LogP contribution is -2.42. The summed E-state index contributed by atoms with van der Waals surface area (Å²) in [7, 11) is 1.65. The van der Waals surface area contributed by atoms with E-state index in [0.29, 0.717) is 6.54 Å². The second-order valence-corrected chi connectivity index (χ2v) is 6.03. The lowest BCUT2D eigenvalue weighted by atomic mass is 9.92. The first kappa shape index (κ1) is 16.0. The summed E-state index contributed by atoms with van der Waals surface area (Å²) in [4.78, 5) is 0. The highest BCUT2D eigenvalue weighted by Gasteiger charge is 2.24. The van der Waals surface area contributed by atoms with Gasteiger partial charge in [-0.2, -0.15) is 0 Å². The minimum absolute atomic E-state index is 0.0360. The summed E-state index contributed by atoms with van der Waals surface area (Å²) in [6, 6.07) is 15.9. The molecular weight excluding hydrogens is 330 g/mol. The number of hydrogen-bond donors (Lipinski definition) is 2. The maximum atomic E-state index is 9.76. The van der Waals surface area contributed by atoms with Crippen LogP contribution in [0.5, 0.6) is 5.75 Å². The normalized spacial score (nSPS) is 13.7. The first-order valence-electron chi connectivity index (χ1n) is 6.83. The van der Waals surface area contributed by atoms with E-state index >= 15 is 0 Å². The van der Waals surface area contributed by atoms with E-state index in [1.807, 2.05) is 55.5 Å². The summed E-state index contributed by atoms with van der Waals surface area (Å²) >= 11 is 3.49. The number of halogens is 1. The van der Waals surface area contributed by atoms with E-state index in [2.05, 4.69) is 21.2 Å². The SMILES string of the molecule is COc1ccc(CNC(C)(CO)c2ccccc2)cc1Br. The Kier molecular flexibility index (Phi) is 5.39. The zero-order chi connectivity index (χ0) is 15.3. The van der Waals surface area contributed by atoms with Gasteiger partial charge in [-0.3, -0.25) is 0 Å². The highest BCUT2D eigenvalue weighted by molar-refractivity contribution is 9.10. The monoisotopic (exact) mass is 349 g/mol. The second-order valence-electron chi connectivity index (χ2n) is 5.18. The fourth-order valence-corrected chi connectivity index (χ4v) is 2.76. The van der Waals surface area contributed by atoms with Crippen molar-refractivity contribution in [2.45, 2.75) is 19.0 Å². The number of nitrogens with one attached hydrogen (secondary N) is 1. The van der Waals surface area contributed by atoms with E-state index in [1.165, 1.54) is 0 Å². The molecule has 0 bridgehead atoms. The summed E-state index contributed by atoms with van der Waals surface area (Å²) < 4.78 is 6.15. The van der Waals surface area contributed by atoms with E-state index in [0.717, 1.165) is 21.3 Å². The quantitative estimate of drug-likeness (QED) is 0.839. The van der Waals surface area contributed by atoms with Crippen LogP contribution in [0.25, 0.3) is 0 Å². The van der Waals surface area contributed by atoms with Gasteiger partial charge in [0.1, 0.15) is 5.75 Å². The summed E-state index contributed by atoms with van der Waals surface area (Å²) in [6.45, 7) is 2.70. The molecule has 0 spiro atoms. The van der Waals surface area contributed by atoms with Gasteiger partial charge in [0.2, 0.25) is 0 Å². The molecule has 0 aromatic heterocycles. The van der Waals surface area contributed by atoms with Crippen LogP contribution in [0.3, 0.4) is 0 Å². The molecule has 0 aliphatic rings. The molecule has 2 aromatic carbocycles. The smallest absolute Gasteiger partial charge is 0.133 e. The average molecular weight is 350 g/mol. The molecule has 0 heterocycles. The van der Waals surface area contributed by atoms with Crippen LogP contribution in [0.4, 0.5) is 0 Å². The van der Waals surface area contributed by atoms with Gasteiger partial charge in [0.15, 0.2) is 0 Å². The number of rotatable bonds is 6. The van der Waals surface area contributed by atoms with Gasteiger partial charge in [-0.15, -0.1) is 0 Å². The molecule has 0 fully saturated rings. The van der Waals surface area contributed by atoms with E-state index < -0.39 is 5.54 Å². The zero-order valence-corrected chi connectivity index (χ0v) is 13.9.